The average molecular weight is 397 g/mol. The van der Waals surface area contributed by atoms with Crippen molar-refractivity contribution in [2.24, 2.45) is 0 Å². The number of carbonyl (C=O) groups excluding carboxylic acids is 1. The van der Waals surface area contributed by atoms with E-state index in [1.165, 1.54) is 12.8 Å². The van der Waals surface area contributed by atoms with Crippen LogP contribution in [0.15, 0.2) is 5.38 Å². The summed E-state index contributed by atoms with van der Waals surface area (Å²) in [6.07, 6.45) is 3.42. The van der Waals surface area contributed by atoms with Crippen LogP contribution in [0.1, 0.15) is 50.2 Å². The number of nitrogens with one attached hydrogen (secondary N) is 1. The van der Waals surface area contributed by atoms with Gasteiger partial charge in [0.2, 0.25) is 0 Å². The Morgan fingerprint density at radius 3 is 2.85 bits per heavy atom. The molecule has 0 saturated carbocycles. The van der Waals surface area contributed by atoms with E-state index in [-0.39, 0.29) is 12.1 Å². The van der Waals surface area contributed by atoms with E-state index < -0.39 is 5.60 Å². The summed E-state index contributed by atoms with van der Waals surface area (Å²) in [7, 11) is 1.75. The Morgan fingerprint density at radius 2 is 2.19 bits per heavy atom. The fourth-order valence-corrected chi connectivity index (χ4v) is 4.84. The molecule has 2 aliphatic heterocycles. The average Bonchev–Trinajstić information content (AvgIpc) is 3.26. The molecule has 1 atom stereocenters. The number of urea groups is 1. The molecule has 0 unspecified atom stereocenters. The van der Waals surface area contributed by atoms with E-state index in [0.29, 0.717) is 32.0 Å². The summed E-state index contributed by atoms with van der Waals surface area (Å²) in [5.74, 6) is 0. The Labute approximate surface area is 165 Å². The topological polar surface area (TPSA) is 77.9 Å². The van der Waals surface area contributed by atoms with Gasteiger partial charge in [0.25, 0.3) is 0 Å². The number of carbonyl (C=O) groups is 1. The minimum absolute atomic E-state index is 0.0516. The predicted octanol–water partition coefficient (Wildman–Crippen LogP) is 2.16. The smallest absolute Gasteiger partial charge is 0.317 e. The van der Waals surface area contributed by atoms with Crippen LogP contribution in [0.5, 0.6) is 0 Å². The van der Waals surface area contributed by atoms with Gasteiger partial charge in [-0.15, -0.1) is 11.3 Å². The van der Waals surface area contributed by atoms with Crippen molar-refractivity contribution in [2.45, 2.75) is 63.8 Å². The fourth-order valence-electron chi connectivity index (χ4n) is 3.93. The predicted molar refractivity (Wildman–Crippen MR) is 106 cm³/mol. The summed E-state index contributed by atoms with van der Waals surface area (Å²) in [6.45, 7) is 7.65. The number of thiazole rings is 1. The van der Waals surface area contributed by atoms with E-state index in [0.717, 1.165) is 30.4 Å². The summed E-state index contributed by atoms with van der Waals surface area (Å²) in [5.41, 5.74) is -0.172. The second-order valence-corrected chi connectivity index (χ2v) is 8.91. The third-order valence-electron chi connectivity index (χ3n) is 5.51. The molecule has 2 fully saturated rings. The minimum Gasteiger partial charge on any atom is -0.383 e. The van der Waals surface area contributed by atoms with Gasteiger partial charge in [-0.2, -0.15) is 0 Å². The molecule has 2 amide bonds. The van der Waals surface area contributed by atoms with Crippen molar-refractivity contribution in [3.05, 3.63) is 16.1 Å². The van der Waals surface area contributed by atoms with Gasteiger partial charge in [0.15, 0.2) is 0 Å². The van der Waals surface area contributed by atoms with Crippen LogP contribution in [0, 0.1) is 0 Å². The van der Waals surface area contributed by atoms with Crippen LogP contribution in [-0.4, -0.2) is 71.4 Å². The van der Waals surface area contributed by atoms with E-state index in [4.69, 9.17) is 9.72 Å². The van der Waals surface area contributed by atoms with Crippen molar-refractivity contribution >= 4 is 17.4 Å². The van der Waals surface area contributed by atoms with Crippen LogP contribution in [-0.2, 0) is 16.9 Å². The number of nitrogens with zero attached hydrogens (tertiary/aromatic N) is 3. The molecule has 0 aliphatic carbocycles. The highest BCUT2D eigenvalue weighted by Crippen LogP contribution is 2.34. The zero-order valence-electron chi connectivity index (χ0n) is 16.6. The molecule has 27 heavy (non-hydrogen) atoms. The van der Waals surface area contributed by atoms with Crippen LogP contribution in [0.4, 0.5) is 4.79 Å². The Bertz CT molecular complexity index is 628. The molecule has 2 aliphatic rings. The highest BCUT2D eigenvalue weighted by molar-refractivity contribution is 7.09. The molecule has 3 heterocycles. The van der Waals surface area contributed by atoms with Crippen molar-refractivity contribution in [2.75, 3.05) is 33.4 Å². The Morgan fingerprint density at radius 1 is 1.44 bits per heavy atom. The SMILES string of the molecule is COC[C@H]1CCCN1Cc1nc(C2(O)CCN(C(=O)NC(C)C)CC2)cs1. The van der Waals surface area contributed by atoms with Gasteiger partial charge in [0.05, 0.1) is 18.8 Å². The summed E-state index contributed by atoms with van der Waals surface area (Å²) in [6, 6.07) is 0.532. The normalized spacial score (nSPS) is 23.1. The molecule has 8 heteroatoms. The van der Waals surface area contributed by atoms with Gasteiger partial charge in [0, 0.05) is 37.7 Å². The number of hydrogen-bond acceptors (Lipinski definition) is 6. The molecule has 0 radical (unpaired) electrons. The summed E-state index contributed by atoms with van der Waals surface area (Å²) in [4.78, 5) is 21.1. The third-order valence-corrected chi connectivity index (χ3v) is 6.35. The number of methoxy groups -OCH3 is 1. The number of amides is 2. The van der Waals surface area contributed by atoms with Crippen LogP contribution in [0.3, 0.4) is 0 Å². The quantitative estimate of drug-likeness (QED) is 0.770. The molecule has 0 bridgehead atoms. The second-order valence-electron chi connectivity index (χ2n) is 7.97. The van der Waals surface area contributed by atoms with Crippen LogP contribution < -0.4 is 5.32 Å². The van der Waals surface area contributed by atoms with E-state index in [1.54, 1.807) is 23.3 Å². The molecule has 152 valence electrons. The molecule has 1 aromatic heterocycles. The van der Waals surface area contributed by atoms with Gasteiger partial charge in [-0.1, -0.05) is 0 Å². The molecule has 1 aromatic rings. The zero-order chi connectivity index (χ0) is 19.4. The summed E-state index contributed by atoms with van der Waals surface area (Å²) >= 11 is 1.62. The van der Waals surface area contributed by atoms with Crippen LogP contribution >= 0.6 is 11.3 Å². The van der Waals surface area contributed by atoms with Gasteiger partial charge in [-0.3, -0.25) is 4.90 Å². The van der Waals surface area contributed by atoms with E-state index in [9.17, 15) is 9.90 Å². The maximum Gasteiger partial charge on any atom is 0.317 e. The lowest BCUT2D eigenvalue weighted by Crippen LogP contribution is -2.50. The fraction of sp³-hybridized carbons (Fsp3) is 0.789. The lowest BCUT2D eigenvalue weighted by molar-refractivity contribution is -0.0201. The maximum absolute atomic E-state index is 12.1. The van der Waals surface area contributed by atoms with Gasteiger partial charge >= 0.3 is 6.03 Å². The van der Waals surface area contributed by atoms with E-state index >= 15 is 0 Å². The summed E-state index contributed by atoms with van der Waals surface area (Å²) < 4.78 is 5.33. The Hall–Kier alpha value is -1.22. The number of piperidine rings is 1. The van der Waals surface area contributed by atoms with Crippen LogP contribution in [0.2, 0.25) is 0 Å². The maximum atomic E-state index is 12.1. The lowest BCUT2D eigenvalue weighted by atomic mass is 9.89. The second kappa shape index (κ2) is 8.86. The molecule has 2 N–H and O–H groups in total. The first-order valence-electron chi connectivity index (χ1n) is 9.87. The van der Waals surface area contributed by atoms with Gasteiger partial charge in [-0.25, -0.2) is 9.78 Å². The third kappa shape index (κ3) is 4.99. The molecule has 0 spiro atoms. The highest BCUT2D eigenvalue weighted by atomic mass is 32.1. The van der Waals surface area contributed by atoms with Gasteiger partial charge in [-0.05, 0) is 46.1 Å². The summed E-state index contributed by atoms with van der Waals surface area (Å²) in [5, 5.41) is 17.0. The largest absolute Gasteiger partial charge is 0.383 e. The van der Waals surface area contributed by atoms with Crippen molar-refractivity contribution in [1.82, 2.24) is 20.1 Å². The van der Waals surface area contributed by atoms with Gasteiger partial charge in [0.1, 0.15) is 10.6 Å². The van der Waals surface area contributed by atoms with E-state index in [2.05, 4.69) is 10.2 Å². The highest BCUT2D eigenvalue weighted by Gasteiger charge is 2.37. The molecule has 2 saturated heterocycles. The van der Waals surface area contributed by atoms with Crippen molar-refractivity contribution < 1.29 is 14.6 Å². The number of hydrogen-bond donors (Lipinski definition) is 2. The first-order chi connectivity index (χ1) is 12.9. The number of aliphatic hydroxyl groups is 1. The molecule has 3 rings (SSSR count). The Kier molecular flexibility index (Phi) is 6.73. The first kappa shape index (κ1) is 20.5. The van der Waals surface area contributed by atoms with Gasteiger partial charge < -0.3 is 20.1 Å². The number of aromatic nitrogens is 1. The molecular formula is C19H32N4O3S. The van der Waals surface area contributed by atoms with Crippen LogP contribution in [0.25, 0.3) is 0 Å². The molecule has 7 nitrogen and oxygen atoms in total. The molecule has 0 aromatic carbocycles. The first-order valence-corrected chi connectivity index (χ1v) is 10.7. The zero-order valence-corrected chi connectivity index (χ0v) is 17.4. The van der Waals surface area contributed by atoms with E-state index in [1.807, 2.05) is 19.2 Å². The Balaban J connectivity index is 1.57. The van der Waals surface area contributed by atoms with Crippen molar-refractivity contribution in [3.8, 4) is 0 Å². The number of ether oxygens (including phenoxy) is 1. The monoisotopic (exact) mass is 396 g/mol. The standard InChI is InChI=1S/C19H32N4O3S/c1-14(2)20-18(24)22-9-6-19(25,7-10-22)16-13-27-17(21-16)11-23-8-4-5-15(23)12-26-3/h13-15,25H,4-12H2,1-3H3,(H,20,24)/t15-/m1/s1. The minimum atomic E-state index is -0.930. The lowest BCUT2D eigenvalue weighted by Gasteiger charge is -2.37. The van der Waals surface area contributed by atoms with Crippen molar-refractivity contribution in [1.29, 1.82) is 0 Å². The van der Waals surface area contributed by atoms with Crippen molar-refractivity contribution in [3.63, 3.8) is 0 Å². The number of rotatable bonds is 6. The number of likely N-dealkylation sites (tertiary alicyclic amines) is 2. The molecular weight excluding hydrogens is 364 g/mol.